The second kappa shape index (κ2) is 9.03. The van der Waals surface area contributed by atoms with Crippen LogP contribution in [0.25, 0.3) is 0 Å². The minimum Gasteiger partial charge on any atom is -0.383 e. The Morgan fingerprint density at radius 3 is 2.59 bits per heavy atom. The summed E-state index contributed by atoms with van der Waals surface area (Å²) in [5, 5.41) is 6.27. The largest absolute Gasteiger partial charge is 0.416 e. The van der Waals surface area contributed by atoms with Crippen LogP contribution in [-0.4, -0.2) is 23.5 Å². The average molecular weight is 426 g/mol. The summed E-state index contributed by atoms with van der Waals surface area (Å²) in [6, 6.07) is 4.69. The molecular weight excluding hydrogens is 403 g/mol. The van der Waals surface area contributed by atoms with Crippen LogP contribution in [0.3, 0.4) is 0 Å². The van der Waals surface area contributed by atoms with Gasteiger partial charge in [-0.2, -0.15) is 13.2 Å². The molecule has 1 aliphatic rings. The van der Waals surface area contributed by atoms with E-state index in [2.05, 4.69) is 15.6 Å². The minimum absolute atomic E-state index is 0.0141. The molecule has 0 bridgehead atoms. The van der Waals surface area contributed by atoms with Gasteiger partial charge in [0.2, 0.25) is 0 Å². The van der Waals surface area contributed by atoms with E-state index >= 15 is 0 Å². The lowest BCUT2D eigenvalue weighted by Crippen LogP contribution is -2.38. The SMILES string of the molecule is Cc1ccncc1NC[C@H]1CC[C@@H](NC(=O)c2cc(C(F)(F)F)ccc2Cl)CC1. The van der Waals surface area contributed by atoms with Crippen molar-refractivity contribution < 1.29 is 18.0 Å². The van der Waals surface area contributed by atoms with Gasteiger partial charge in [0.05, 0.1) is 28.0 Å². The maximum atomic E-state index is 12.9. The van der Waals surface area contributed by atoms with Crippen molar-refractivity contribution in [1.82, 2.24) is 10.3 Å². The standard InChI is InChI=1S/C21H23ClF3N3O/c1-13-8-9-26-12-19(13)27-11-14-2-5-16(6-3-14)28-20(29)17-10-15(21(23,24)25)4-7-18(17)22/h4,7-10,12,14,16,27H,2-3,5-6,11H2,1H3,(H,28,29)/t14-,16+. The van der Waals surface area contributed by atoms with Crippen LogP contribution >= 0.6 is 11.6 Å². The third-order valence-corrected chi connectivity index (χ3v) is 5.67. The van der Waals surface area contributed by atoms with Crippen LogP contribution < -0.4 is 10.6 Å². The molecule has 2 aromatic rings. The molecule has 3 rings (SSSR count). The van der Waals surface area contributed by atoms with Crippen LogP contribution in [0.4, 0.5) is 18.9 Å². The second-order valence-corrected chi connectivity index (χ2v) is 7.86. The Bertz CT molecular complexity index is 864. The molecule has 1 saturated carbocycles. The van der Waals surface area contributed by atoms with E-state index in [0.29, 0.717) is 5.92 Å². The number of rotatable bonds is 5. The van der Waals surface area contributed by atoms with Crippen molar-refractivity contribution in [3.05, 3.63) is 58.4 Å². The van der Waals surface area contributed by atoms with Crippen molar-refractivity contribution in [1.29, 1.82) is 0 Å². The number of nitrogens with zero attached hydrogens (tertiary/aromatic N) is 1. The Balaban J connectivity index is 1.52. The van der Waals surface area contributed by atoms with Crippen LogP contribution in [0.5, 0.6) is 0 Å². The van der Waals surface area contributed by atoms with Gasteiger partial charge in [-0.25, -0.2) is 0 Å². The van der Waals surface area contributed by atoms with E-state index < -0.39 is 17.6 Å². The number of nitrogens with one attached hydrogen (secondary N) is 2. The third kappa shape index (κ3) is 5.63. The summed E-state index contributed by atoms with van der Waals surface area (Å²) in [6.07, 6.45) is 2.45. The summed E-state index contributed by atoms with van der Waals surface area (Å²) < 4.78 is 38.7. The van der Waals surface area contributed by atoms with Crippen molar-refractivity contribution >= 4 is 23.2 Å². The Morgan fingerprint density at radius 2 is 1.93 bits per heavy atom. The molecule has 8 heteroatoms. The number of hydrogen-bond acceptors (Lipinski definition) is 3. The molecule has 4 nitrogen and oxygen atoms in total. The van der Waals surface area contributed by atoms with Crippen molar-refractivity contribution in [2.45, 2.75) is 44.8 Å². The highest BCUT2D eigenvalue weighted by molar-refractivity contribution is 6.33. The first-order chi connectivity index (χ1) is 13.7. The Labute approximate surface area is 172 Å². The molecule has 1 aromatic heterocycles. The molecule has 1 amide bonds. The predicted octanol–water partition coefficient (Wildman–Crippen LogP) is 5.46. The number of alkyl halides is 3. The predicted molar refractivity (Wildman–Crippen MR) is 107 cm³/mol. The number of amides is 1. The number of aromatic nitrogens is 1. The van der Waals surface area contributed by atoms with E-state index in [9.17, 15) is 18.0 Å². The molecule has 0 radical (unpaired) electrons. The Hall–Kier alpha value is -2.28. The highest BCUT2D eigenvalue weighted by Crippen LogP contribution is 2.32. The van der Waals surface area contributed by atoms with Gasteiger partial charge in [-0.15, -0.1) is 0 Å². The second-order valence-electron chi connectivity index (χ2n) is 7.45. The van der Waals surface area contributed by atoms with E-state index in [0.717, 1.165) is 61.7 Å². The number of benzene rings is 1. The van der Waals surface area contributed by atoms with E-state index in [-0.39, 0.29) is 16.6 Å². The number of carbonyl (C=O) groups excluding carboxylic acids is 1. The third-order valence-electron chi connectivity index (χ3n) is 5.34. The van der Waals surface area contributed by atoms with Crippen LogP contribution in [0, 0.1) is 12.8 Å². The van der Waals surface area contributed by atoms with Gasteiger partial charge in [-0.3, -0.25) is 9.78 Å². The Morgan fingerprint density at radius 1 is 1.21 bits per heavy atom. The molecule has 1 fully saturated rings. The van der Waals surface area contributed by atoms with Gasteiger partial charge in [0.1, 0.15) is 0 Å². The molecule has 0 atom stereocenters. The van der Waals surface area contributed by atoms with E-state index in [1.54, 1.807) is 12.4 Å². The van der Waals surface area contributed by atoms with Gasteiger partial charge in [0.25, 0.3) is 5.91 Å². The lowest BCUT2D eigenvalue weighted by Gasteiger charge is -2.29. The van der Waals surface area contributed by atoms with Crippen molar-refractivity contribution in [2.75, 3.05) is 11.9 Å². The van der Waals surface area contributed by atoms with Gasteiger partial charge in [0.15, 0.2) is 0 Å². The zero-order chi connectivity index (χ0) is 21.0. The van der Waals surface area contributed by atoms with E-state index in [4.69, 9.17) is 11.6 Å². The maximum Gasteiger partial charge on any atom is 0.416 e. The van der Waals surface area contributed by atoms with Crippen LogP contribution in [0.2, 0.25) is 5.02 Å². The molecule has 0 spiro atoms. The molecule has 1 aliphatic carbocycles. The quantitative estimate of drug-likeness (QED) is 0.668. The zero-order valence-corrected chi connectivity index (χ0v) is 16.8. The molecule has 156 valence electrons. The van der Waals surface area contributed by atoms with Crippen LogP contribution in [0.1, 0.15) is 47.2 Å². The summed E-state index contributed by atoms with van der Waals surface area (Å²) in [5.74, 6) is -0.0893. The number of anilines is 1. The fraction of sp³-hybridized carbons (Fsp3) is 0.429. The first-order valence-electron chi connectivity index (χ1n) is 9.56. The summed E-state index contributed by atoms with van der Waals surface area (Å²) in [7, 11) is 0. The highest BCUT2D eigenvalue weighted by Gasteiger charge is 2.32. The smallest absolute Gasteiger partial charge is 0.383 e. The molecule has 0 saturated heterocycles. The van der Waals surface area contributed by atoms with E-state index in [1.165, 1.54) is 0 Å². The first kappa shape index (κ1) is 21.4. The molecule has 0 unspecified atom stereocenters. The monoisotopic (exact) mass is 425 g/mol. The highest BCUT2D eigenvalue weighted by atomic mass is 35.5. The van der Waals surface area contributed by atoms with Crippen molar-refractivity contribution in [3.63, 3.8) is 0 Å². The first-order valence-corrected chi connectivity index (χ1v) is 9.94. The minimum atomic E-state index is -4.52. The summed E-state index contributed by atoms with van der Waals surface area (Å²) >= 11 is 5.95. The number of carbonyl (C=O) groups is 1. The number of pyridine rings is 1. The molecule has 1 heterocycles. The number of hydrogen-bond donors (Lipinski definition) is 2. The topological polar surface area (TPSA) is 54.0 Å². The van der Waals surface area contributed by atoms with Crippen LogP contribution in [0.15, 0.2) is 36.7 Å². The molecule has 1 aromatic carbocycles. The molecule has 29 heavy (non-hydrogen) atoms. The van der Waals surface area contributed by atoms with Crippen molar-refractivity contribution in [3.8, 4) is 0 Å². The molecule has 2 N–H and O–H groups in total. The fourth-order valence-electron chi connectivity index (χ4n) is 3.55. The van der Waals surface area contributed by atoms with Crippen molar-refractivity contribution in [2.24, 2.45) is 5.92 Å². The van der Waals surface area contributed by atoms with Gasteiger partial charge < -0.3 is 10.6 Å². The lowest BCUT2D eigenvalue weighted by atomic mass is 9.85. The summed E-state index contributed by atoms with van der Waals surface area (Å²) in [4.78, 5) is 16.6. The Kier molecular flexibility index (Phi) is 6.67. The van der Waals surface area contributed by atoms with Gasteiger partial charge in [0, 0.05) is 18.8 Å². The van der Waals surface area contributed by atoms with Gasteiger partial charge in [-0.05, 0) is 68.4 Å². The molecular formula is C21H23ClF3N3O. The number of halogens is 4. The van der Waals surface area contributed by atoms with E-state index in [1.807, 2.05) is 13.0 Å². The zero-order valence-electron chi connectivity index (χ0n) is 16.0. The van der Waals surface area contributed by atoms with Gasteiger partial charge >= 0.3 is 6.18 Å². The molecule has 0 aliphatic heterocycles. The average Bonchev–Trinajstić information content (AvgIpc) is 2.68. The summed E-state index contributed by atoms with van der Waals surface area (Å²) in [5.41, 5.74) is 1.13. The fourth-order valence-corrected chi connectivity index (χ4v) is 3.76. The maximum absolute atomic E-state index is 12.9. The summed E-state index contributed by atoms with van der Waals surface area (Å²) in [6.45, 7) is 2.85. The van der Waals surface area contributed by atoms with Gasteiger partial charge in [-0.1, -0.05) is 11.6 Å². The van der Waals surface area contributed by atoms with Crippen LogP contribution in [-0.2, 0) is 6.18 Å². The lowest BCUT2D eigenvalue weighted by molar-refractivity contribution is -0.137. The normalized spacial score (nSPS) is 19.6. The number of aryl methyl sites for hydroxylation is 1.